The molecule has 2 aromatic carbocycles. The summed E-state index contributed by atoms with van der Waals surface area (Å²) in [6.45, 7) is 1.77. The van der Waals surface area contributed by atoms with Gasteiger partial charge in [-0.05, 0) is 37.3 Å². The second-order valence-corrected chi connectivity index (χ2v) is 6.92. The van der Waals surface area contributed by atoms with Crippen molar-refractivity contribution in [2.45, 2.75) is 17.9 Å². The van der Waals surface area contributed by atoms with Gasteiger partial charge in [-0.3, -0.25) is 4.79 Å². The van der Waals surface area contributed by atoms with Gasteiger partial charge in [-0.1, -0.05) is 12.1 Å². The average molecular weight is 302 g/mol. The Morgan fingerprint density at radius 2 is 1.90 bits per heavy atom. The van der Waals surface area contributed by atoms with E-state index in [0.717, 1.165) is 25.1 Å². The Kier molecular flexibility index (Phi) is 3.78. The summed E-state index contributed by atoms with van der Waals surface area (Å²) in [5.74, 6) is 0.636. The van der Waals surface area contributed by atoms with Gasteiger partial charge in [-0.25, -0.2) is 0 Å². The molecule has 3 rings (SSSR count). The molecule has 1 atom stereocenters. The van der Waals surface area contributed by atoms with Gasteiger partial charge in [0, 0.05) is 30.8 Å². The maximum Gasteiger partial charge on any atom is 0.195 e. The zero-order chi connectivity index (χ0) is 14.1. The second-order valence-electron chi connectivity index (χ2n) is 4.75. The van der Waals surface area contributed by atoms with Crippen LogP contribution in [-0.4, -0.2) is 17.0 Å². The predicted octanol–water partition coefficient (Wildman–Crippen LogP) is 3.89. The van der Waals surface area contributed by atoms with Crippen LogP contribution in [-0.2, 0) is 0 Å². The molecule has 0 aliphatic rings. The summed E-state index contributed by atoms with van der Waals surface area (Å²) < 4.78 is 2.03. The van der Waals surface area contributed by atoms with Gasteiger partial charge in [0.25, 0.3) is 0 Å². The number of benzene rings is 2. The first kappa shape index (κ1) is 13.6. The highest BCUT2D eigenvalue weighted by atomic mass is 32.2. The standard InChI is InChI=1S/C16H14O2S2/c1-10(17)9-19-11-6-7-15-13(8-11)16(18)12-4-2-3-5-14(12)20-15/h2-8,10,17H,9H2,1H3. The first-order valence-corrected chi connectivity index (χ1v) is 8.22. The zero-order valence-corrected chi connectivity index (χ0v) is 12.6. The number of hydrogen-bond donors (Lipinski definition) is 1. The molecule has 1 heterocycles. The van der Waals surface area contributed by atoms with Gasteiger partial charge in [-0.2, -0.15) is 0 Å². The van der Waals surface area contributed by atoms with E-state index >= 15 is 0 Å². The summed E-state index contributed by atoms with van der Waals surface area (Å²) >= 11 is 3.21. The Balaban J connectivity index is 2.16. The van der Waals surface area contributed by atoms with Gasteiger partial charge in [-0.15, -0.1) is 23.1 Å². The second kappa shape index (κ2) is 5.56. The quantitative estimate of drug-likeness (QED) is 0.589. The Labute approximate surface area is 125 Å². The maximum absolute atomic E-state index is 12.5. The molecule has 0 saturated carbocycles. The summed E-state index contributed by atoms with van der Waals surface area (Å²) in [6.07, 6.45) is -0.346. The normalized spacial score (nSPS) is 12.9. The van der Waals surface area contributed by atoms with Gasteiger partial charge in [0.2, 0.25) is 0 Å². The van der Waals surface area contributed by atoms with E-state index < -0.39 is 0 Å². The topological polar surface area (TPSA) is 37.3 Å². The van der Waals surface area contributed by atoms with E-state index in [1.165, 1.54) is 0 Å². The van der Waals surface area contributed by atoms with Crippen LogP contribution in [0.5, 0.6) is 0 Å². The maximum atomic E-state index is 12.5. The van der Waals surface area contributed by atoms with Crippen LogP contribution in [0, 0.1) is 0 Å². The minimum Gasteiger partial charge on any atom is -0.393 e. The molecule has 0 aliphatic carbocycles. The summed E-state index contributed by atoms with van der Waals surface area (Å²) in [7, 11) is 0. The molecule has 0 spiro atoms. The molecule has 0 radical (unpaired) electrons. The van der Waals surface area contributed by atoms with E-state index in [1.807, 2.05) is 42.5 Å². The highest BCUT2D eigenvalue weighted by Gasteiger charge is 2.07. The smallest absolute Gasteiger partial charge is 0.195 e. The fourth-order valence-corrected chi connectivity index (χ4v) is 3.94. The van der Waals surface area contributed by atoms with Gasteiger partial charge in [0.05, 0.1) is 6.10 Å². The number of hydrogen-bond acceptors (Lipinski definition) is 4. The molecule has 102 valence electrons. The van der Waals surface area contributed by atoms with Crippen molar-refractivity contribution in [3.05, 3.63) is 52.7 Å². The molecule has 0 fully saturated rings. The Hall–Kier alpha value is -1.36. The molecule has 0 saturated heterocycles. The van der Waals surface area contributed by atoms with Crippen molar-refractivity contribution < 1.29 is 5.11 Å². The molecule has 3 aromatic rings. The summed E-state index contributed by atoms with van der Waals surface area (Å²) in [4.78, 5) is 13.6. The highest BCUT2D eigenvalue weighted by Crippen LogP contribution is 2.28. The Bertz CT molecular complexity index is 821. The molecular weight excluding hydrogens is 288 g/mol. The van der Waals surface area contributed by atoms with Crippen LogP contribution < -0.4 is 5.43 Å². The van der Waals surface area contributed by atoms with Crippen LogP contribution >= 0.6 is 23.1 Å². The van der Waals surface area contributed by atoms with Crippen LogP contribution in [0.4, 0.5) is 0 Å². The molecule has 0 bridgehead atoms. The van der Waals surface area contributed by atoms with E-state index in [-0.39, 0.29) is 11.5 Å². The molecule has 1 aromatic heterocycles. The number of aliphatic hydroxyl groups is 1. The van der Waals surface area contributed by atoms with E-state index in [2.05, 4.69) is 0 Å². The van der Waals surface area contributed by atoms with Gasteiger partial charge in [0.1, 0.15) is 0 Å². The predicted molar refractivity (Wildman–Crippen MR) is 88.0 cm³/mol. The minimum atomic E-state index is -0.346. The SMILES string of the molecule is CC(O)CSc1ccc2sc3ccccc3c(=O)c2c1. The minimum absolute atomic E-state index is 0.0915. The summed E-state index contributed by atoms with van der Waals surface area (Å²) in [5, 5.41) is 10.9. The van der Waals surface area contributed by atoms with E-state index in [1.54, 1.807) is 30.0 Å². The summed E-state index contributed by atoms with van der Waals surface area (Å²) in [6, 6.07) is 13.7. The lowest BCUT2D eigenvalue weighted by atomic mass is 10.2. The third kappa shape index (κ3) is 2.59. The molecule has 20 heavy (non-hydrogen) atoms. The van der Waals surface area contributed by atoms with Crippen molar-refractivity contribution in [1.82, 2.24) is 0 Å². The lowest BCUT2D eigenvalue weighted by molar-refractivity contribution is 0.220. The molecule has 2 nitrogen and oxygen atoms in total. The van der Waals surface area contributed by atoms with Crippen molar-refractivity contribution in [1.29, 1.82) is 0 Å². The number of aliphatic hydroxyl groups excluding tert-OH is 1. The van der Waals surface area contributed by atoms with Crippen LogP contribution in [0.1, 0.15) is 6.92 Å². The van der Waals surface area contributed by atoms with Gasteiger partial charge in [0.15, 0.2) is 5.43 Å². The highest BCUT2D eigenvalue weighted by molar-refractivity contribution is 7.99. The lowest BCUT2D eigenvalue weighted by Crippen LogP contribution is -2.03. The van der Waals surface area contributed by atoms with E-state index in [9.17, 15) is 9.90 Å². The van der Waals surface area contributed by atoms with Crippen LogP contribution in [0.25, 0.3) is 20.2 Å². The number of fused-ring (bicyclic) bond motifs is 2. The molecular formula is C16H14O2S2. The van der Waals surface area contributed by atoms with Crippen LogP contribution in [0.3, 0.4) is 0 Å². The molecule has 1 unspecified atom stereocenters. The molecule has 1 N–H and O–H groups in total. The van der Waals surface area contributed by atoms with Crippen LogP contribution in [0.15, 0.2) is 52.2 Å². The average Bonchev–Trinajstić information content (AvgIpc) is 2.46. The lowest BCUT2D eigenvalue weighted by Gasteiger charge is -2.06. The van der Waals surface area contributed by atoms with Crippen molar-refractivity contribution in [3.8, 4) is 0 Å². The van der Waals surface area contributed by atoms with Crippen LogP contribution in [0.2, 0.25) is 0 Å². The number of rotatable bonds is 3. The van der Waals surface area contributed by atoms with Crippen molar-refractivity contribution in [3.63, 3.8) is 0 Å². The Morgan fingerprint density at radius 3 is 2.70 bits per heavy atom. The van der Waals surface area contributed by atoms with Crippen molar-refractivity contribution in [2.24, 2.45) is 0 Å². The van der Waals surface area contributed by atoms with E-state index in [4.69, 9.17) is 0 Å². The fourth-order valence-electron chi connectivity index (χ4n) is 2.09. The largest absolute Gasteiger partial charge is 0.393 e. The Morgan fingerprint density at radius 1 is 1.15 bits per heavy atom. The number of thioether (sulfide) groups is 1. The first-order valence-electron chi connectivity index (χ1n) is 6.41. The molecule has 0 amide bonds. The first-order chi connectivity index (χ1) is 9.65. The zero-order valence-electron chi connectivity index (χ0n) is 11.0. The van der Waals surface area contributed by atoms with Gasteiger partial charge >= 0.3 is 0 Å². The summed E-state index contributed by atoms with van der Waals surface area (Å²) in [5.41, 5.74) is 0.0915. The van der Waals surface area contributed by atoms with Crippen molar-refractivity contribution >= 4 is 43.3 Å². The molecule has 4 heteroatoms. The molecule has 0 aliphatic heterocycles. The van der Waals surface area contributed by atoms with E-state index in [0.29, 0.717) is 5.75 Å². The van der Waals surface area contributed by atoms with Crippen molar-refractivity contribution in [2.75, 3.05) is 5.75 Å². The fraction of sp³-hybridized carbons (Fsp3) is 0.188. The monoisotopic (exact) mass is 302 g/mol. The van der Waals surface area contributed by atoms with Gasteiger partial charge < -0.3 is 5.11 Å². The third-order valence-corrected chi connectivity index (χ3v) is 5.43. The third-order valence-electron chi connectivity index (χ3n) is 3.04.